The quantitative estimate of drug-likeness (QED) is 0.526. The third-order valence-electron chi connectivity index (χ3n) is 4.06. The number of aromatic nitrogens is 1. The van der Waals surface area contributed by atoms with Crippen molar-refractivity contribution in [3.05, 3.63) is 52.9 Å². The molecule has 1 atom stereocenters. The van der Waals surface area contributed by atoms with Gasteiger partial charge in [0.2, 0.25) is 0 Å². The molecule has 3 rings (SSSR count). The number of alkyl halides is 1. The average Bonchev–Trinajstić information content (AvgIpc) is 3.25. The van der Waals surface area contributed by atoms with Crippen LogP contribution in [0.25, 0.3) is 16.1 Å². The van der Waals surface area contributed by atoms with Crippen LogP contribution in [0.4, 0.5) is 4.39 Å². The first-order valence-corrected chi connectivity index (χ1v) is 12.0. The summed E-state index contributed by atoms with van der Waals surface area (Å²) in [6.07, 6.45) is 8.30. The van der Waals surface area contributed by atoms with Crippen molar-refractivity contribution in [2.75, 3.05) is 17.5 Å². The first-order valence-electron chi connectivity index (χ1n) is 8.61. The molecule has 0 N–H and O–H groups in total. The second-order valence-corrected chi connectivity index (χ2v) is 9.79. The molecule has 140 valence electrons. The molecule has 0 aromatic carbocycles. The van der Waals surface area contributed by atoms with Crippen molar-refractivity contribution in [3.8, 4) is 16.6 Å². The standard InChI is InChI=1S/C20H19FN2OS3/c21-9-5-11-27(24)14-26-20-17(13-22)16(15-6-2-1-3-7-15)12-18(23-20)19-8-4-10-25-19/h1-2,4,6,8,10,12H,3,5,7,9,11,14H2. The van der Waals surface area contributed by atoms with Crippen LogP contribution >= 0.6 is 23.1 Å². The molecular weight excluding hydrogens is 399 g/mol. The number of hydrogen-bond donors (Lipinski definition) is 0. The average molecular weight is 419 g/mol. The molecule has 0 spiro atoms. The van der Waals surface area contributed by atoms with Gasteiger partial charge in [-0.3, -0.25) is 8.60 Å². The fourth-order valence-electron chi connectivity index (χ4n) is 2.76. The predicted molar refractivity (Wildman–Crippen MR) is 113 cm³/mol. The first-order chi connectivity index (χ1) is 13.2. The number of pyridine rings is 1. The van der Waals surface area contributed by atoms with Crippen molar-refractivity contribution in [2.45, 2.75) is 24.3 Å². The van der Waals surface area contributed by atoms with Crippen LogP contribution in [0.5, 0.6) is 0 Å². The highest BCUT2D eigenvalue weighted by atomic mass is 32.2. The monoisotopic (exact) mass is 418 g/mol. The zero-order chi connectivity index (χ0) is 19.1. The van der Waals surface area contributed by atoms with E-state index in [0.717, 1.165) is 34.5 Å². The molecule has 2 aromatic heterocycles. The van der Waals surface area contributed by atoms with Crippen LogP contribution < -0.4 is 0 Å². The number of thioether (sulfide) groups is 1. The normalized spacial score (nSPS) is 14.6. The lowest BCUT2D eigenvalue weighted by atomic mass is 9.94. The Balaban J connectivity index is 1.98. The Morgan fingerprint density at radius 3 is 3.00 bits per heavy atom. The smallest absolute Gasteiger partial charge is 0.116 e. The van der Waals surface area contributed by atoms with Crippen LogP contribution in [-0.4, -0.2) is 26.7 Å². The van der Waals surface area contributed by atoms with Gasteiger partial charge in [-0.1, -0.05) is 36.1 Å². The molecule has 0 radical (unpaired) electrons. The van der Waals surface area contributed by atoms with E-state index in [9.17, 15) is 13.9 Å². The van der Waals surface area contributed by atoms with Crippen molar-refractivity contribution >= 4 is 39.5 Å². The maximum atomic E-state index is 12.3. The molecule has 1 aliphatic rings. The minimum atomic E-state index is -1.13. The van der Waals surface area contributed by atoms with Gasteiger partial charge in [-0.05, 0) is 42.3 Å². The summed E-state index contributed by atoms with van der Waals surface area (Å²) in [6.45, 7) is -0.461. The Morgan fingerprint density at radius 2 is 2.33 bits per heavy atom. The third-order valence-corrected chi connectivity index (χ3v) is 7.79. The van der Waals surface area contributed by atoms with E-state index in [2.05, 4.69) is 12.1 Å². The summed E-state index contributed by atoms with van der Waals surface area (Å²) < 4.78 is 24.4. The minimum Gasteiger partial charge on any atom is -0.259 e. The van der Waals surface area contributed by atoms with Gasteiger partial charge in [-0.15, -0.1) is 11.3 Å². The van der Waals surface area contributed by atoms with Gasteiger partial charge in [0.1, 0.15) is 11.1 Å². The van der Waals surface area contributed by atoms with Crippen LogP contribution in [-0.2, 0) is 10.8 Å². The Morgan fingerprint density at radius 1 is 1.44 bits per heavy atom. The second-order valence-electron chi connectivity index (χ2n) is 5.93. The summed E-state index contributed by atoms with van der Waals surface area (Å²) in [5.74, 6) is 0.332. The van der Waals surface area contributed by atoms with Gasteiger partial charge in [0.15, 0.2) is 0 Å². The summed E-state index contributed by atoms with van der Waals surface area (Å²) >= 11 is 2.92. The van der Waals surface area contributed by atoms with Crippen molar-refractivity contribution in [2.24, 2.45) is 0 Å². The van der Waals surface area contributed by atoms with Gasteiger partial charge in [-0.25, -0.2) is 4.98 Å². The van der Waals surface area contributed by atoms with E-state index >= 15 is 0 Å². The van der Waals surface area contributed by atoms with E-state index in [0.29, 0.717) is 27.8 Å². The Hall–Kier alpha value is -1.75. The van der Waals surface area contributed by atoms with Gasteiger partial charge in [0, 0.05) is 22.1 Å². The number of nitrogens with zero attached hydrogens (tertiary/aromatic N) is 2. The minimum absolute atomic E-state index is 0.297. The number of halogens is 1. The molecule has 0 saturated heterocycles. The molecule has 0 aliphatic heterocycles. The summed E-state index contributed by atoms with van der Waals surface area (Å²) in [7, 11) is -1.13. The Bertz CT molecular complexity index is 914. The van der Waals surface area contributed by atoms with Gasteiger partial charge in [0.25, 0.3) is 0 Å². The summed E-state index contributed by atoms with van der Waals surface area (Å²) in [4.78, 5) is 5.73. The molecule has 0 fully saturated rings. The SMILES string of the molecule is N#Cc1c(C2=CC=CCC2)cc(-c2cccs2)nc1SCS(=O)CCCF. The van der Waals surface area contributed by atoms with Crippen molar-refractivity contribution in [1.82, 2.24) is 4.98 Å². The molecule has 2 heterocycles. The van der Waals surface area contributed by atoms with Gasteiger partial charge >= 0.3 is 0 Å². The van der Waals surface area contributed by atoms with Crippen LogP contribution in [0, 0.1) is 11.3 Å². The number of hydrogen-bond acceptors (Lipinski definition) is 5. The molecule has 2 aromatic rings. The van der Waals surface area contributed by atoms with E-state index in [1.165, 1.54) is 11.8 Å². The lowest BCUT2D eigenvalue weighted by Gasteiger charge is -2.15. The third kappa shape index (κ3) is 5.16. The Kier molecular flexibility index (Phi) is 7.39. The molecule has 1 aliphatic carbocycles. The van der Waals surface area contributed by atoms with E-state index in [4.69, 9.17) is 4.98 Å². The van der Waals surface area contributed by atoms with Gasteiger partial charge in [0.05, 0.1) is 27.9 Å². The molecular formula is C20H19FN2OS3. The van der Waals surface area contributed by atoms with Gasteiger partial charge < -0.3 is 0 Å². The molecule has 1 unspecified atom stereocenters. The maximum Gasteiger partial charge on any atom is 0.116 e. The highest BCUT2D eigenvalue weighted by Gasteiger charge is 2.18. The van der Waals surface area contributed by atoms with Crippen LogP contribution in [0.1, 0.15) is 30.4 Å². The topological polar surface area (TPSA) is 53.8 Å². The fraction of sp³-hybridized carbons (Fsp3) is 0.300. The van der Waals surface area contributed by atoms with Crippen LogP contribution in [0.2, 0.25) is 0 Å². The molecule has 0 bridgehead atoms. The van der Waals surface area contributed by atoms with Crippen LogP contribution in [0.15, 0.2) is 46.8 Å². The van der Waals surface area contributed by atoms with Crippen molar-refractivity contribution in [3.63, 3.8) is 0 Å². The highest BCUT2D eigenvalue weighted by molar-refractivity contribution is 8.10. The maximum absolute atomic E-state index is 12.3. The molecule has 0 saturated carbocycles. The Labute approximate surface area is 169 Å². The van der Waals surface area contributed by atoms with E-state index in [1.54, 1.807) is 11.3 Å². The molecule has 0 amide bonds. The fourth-order valence-corrected chi connectivity index (χ4v) is 5.78. The molecule has 3 nitrogen and oxygen atoms in total. The highest BCUT2D eigenvalue weighted by Crippen LogP contribution is 2.35. The van der Waals surface area contributed by atoms with E-state index in [-0.39, 0.29) is 0 Å². The zero-order valence-electron chi connectivity index (χ0n) is 14.7. The van der Waals surface area contributed by atoms with E-state index < -0.39 is 17.5 Å². The van der Waals surface area contributed by atoms with E-state index in [1.807, 2.05) is 35.7 Å². The molecule has 27 heavy (non-hydrogen) atoms. The first kappa shape index (κ1) is 20.0. The lowest BCUT2D eigenvalue weighted by Crippen LogP contribution is -2.03. The molecule has 7 heteroatoms. The lowest BCUT2D eigenvalue weighted by molar-refractivity contribution is 0.488. The second kappa shape index (κ2) is 9.98. The van der Waals surface area contributed by atoms with Gasteiger partial charge in [-0.2, -0.15) is 5.26 Å². The number of rotatable bonds is 8. The number of nitriles is 1. The summed E-state index contributed by atoms with van der Waals surface area (Å²) in [5, 5.41) is 12.7. The number of thiophene rings is 1. The summed E-state index contributed by atoms with van der Waals surface area (Å²) in [6, 6.07) is 8.26. The zero-order valence-corrected chi connectivity index (χ0v) is 17.1. The largest absolute Gasteiger partial charge is 0.259 e. The van der Waals surface area contributed by atoms with Crippen molar-refractivity contribution < 1.29 is 8.60 Å². The van der Waals surface area contributed by atoms with Crippen LogP contribution in [0.3, 0.4) is 0 Å². The predicted octanol–water partition coefficient (Wildman–Crippen LogP) is 5.57. The summed E-state index contributed by atoms with van der Waals surface area (Å²) in [5.41, 5.74) is 3.38. The van der Waals surface area contributed by atoms with Crippen molar-refractivity contribution in [1.29, 1.82) is 5.26 Å². The number of allylic oxidation sites excluding steroid dienone is 4.